The largest absolute Gasteiger partial charge is 0.481 e. The molecule has 0 fully saturated rings. The van der Waals surface area contributed by atoms with Gasteiger partial charge in [0.05, 0.1) is 4.88 Å². The fourth-order valence-corrected chi connectivity index (χ4v) is 3.18. The first-order valence-electron chi connectivity index (χ1n) is 6.98. The lowest BCUT2D eigenvalue weighted by Gasteiger charge is -2.26. The second-order valence-electron chi connectivity index (χ2n) is 5.16. The van der Waals surface area contributed by atoms with Crippen LogP contribution in [-0.4, -0.2) is 34.5 Å². The Morgan fingerprint density at radius 2 is 2.05 bits per heavy atom. The van der Waals surface area contributed by atoms with Crippen LogP contribution in [0.25, 0.3) is 0 Å². The Balaban J connectivity index is 2.79. The van der Waals surface area contributed by atoms with E-state index in [4.69, 9.17) is 5.11 Å². The third-order valence-corrected chi connectivity index (χ3v) is 4.60. The van der Waals surface area contributed by atoms with E-state index in [9.17, 15) is 9.59 Å². The summed E-state index contributed by atoms with van der Waals surface area (Å²) in [5.41, 5.74) is 1.16. The van der Waals surface area contributed by atoms with Gasteiger partial charge in [0.1, 0.15) is 0 Å². The topological polar surface area (TPSA) is 57.6 Å². The van der Waals surface area contributed by atoms with Crippen LogP contribution < -0.4 is 0 Å². The molecule has 0 bridgehead atoms. The molecule has 0 aliphatic rings. The molecule has 0 aliphatic heterocycles. The second-order valence-corrected chi connectivity index (χ2v) is 6.30. The monoisotopic (exact) mass is 297 g/mol. The molecule has 0 radical (unpaired) electrons. The average Bonchev–Trinajstić information content (AvgIpc) is 2.74. The number of thiophene rings is 1. The van der Waals surface area contributed by atoms with Crippen LogP contribution in [-0.2, 0) is 11.2 Å². The quantitative estimate of drug-likeness (QED) is 0.839. The number of carboxylic acid groups (broad SMARTS) is 1. The first kappa shape index (κ1) is 16.7. The fourth-order valence-electron chi connectivity index (χ4n) is 2.11. The third-order valence-electron chi connectivity index (χ3n) is 3.23. The van der Waals surface area contributed by atoms with E-state index in [1.54, 1.807) is 16.2 Å². The van der Waals surface area contributed by atoms with E-state index in [2.05, 4.69) is 6.92 Å². The molecule has 1 rings (SSSR count). The molecule has 0 saturated carbocycles. The maximum Gasteiger partial charge on any atom is 0.303 e. The third kappa shape index (κ3) is 4.34. The maximum atomic E-state index is 12.5. The lowest BCUT2D eigenvalue weighted by Crippen LogP contribution is -2.37. The number of hydrogen-bond acceptors (Lipinski definition) is 3. The van der Waals surface area contributed by atoms with Crippen molar-refractivity contribution in [3.8, 4) is 0 Å². The Hall–Kier alpha value is -1.36. The molecule has 5 heteroatoms. The van der Waals surface area contributed by atoms with Crippen LogP contribution in [0.4, 0.5) is 0 Å². The van der Waals surface area contributed by atoms with Crippen molar-refractivity contribution in [2.75, 3.05) is 6.54 Å². The van der Waals surface area contributed by atoms with Gasteiger partial charge in [0.2, 0.25) is 0 Å². The molecule has 1 N–H and O–H groups in total. The van der Waals surface area contributed by atoms with Gasteiger partial charge in [-0.05, 0) is 45.2 Å². The molecule has 0 unspecified atom stereocenters. The van der Waals surface area contributed by atoms with Gasteiger partial charge < -0.3 is 10.0 Å². The molecule has 1 amide bonds. The first-order chi connectivity index (χ1) is 9.36. The molecule has 1 aromatic rings. The Bertz CT molecular complexity index is 479. The van der Waals surface area contributed by atoms with Crippen molar-refractivity contribution in [2.24, 2.45) is 0 Å². The van der Waals surface area contributed by atoms with Gasteiger partial charge in [-0.1, -0.05) is 6.92 Å². The minimum atomic E-state index is -0.818. The van der Waals surface area contributed by atoms with Crippen LogP contribution in [0.1, 0.15) is 53.7 Å². The van der Waals surface area contributed by atoms with Crippen LogP contribution in [0.2, 0.25) is 0 Å². The first-order valence-corrected chi connectivity index (χ1v) is 7.80. The van der Waals surface area contributed by atoms with Crippen LogP contribution >= 0.6 is 11.3 Å². The van der Waals surface area contributed by atoms with E-state index in [0.717, 1.165) is 16.9 Å². The fraction of sp³-hybridized carbons (Fsp3) is 0.600. The van der Waals surface area contributed by atoms with Crippen molar-refractivity contribution in [3.05, 3.63) is 21.4 Å². The standard InChI is InChI=1S/C15H23NO3S/c1-5-12-11(4)9-13(20-12)15(19)16(10(2)3)8-6-7-14(17)18/h9-10H,5-8H2,1-4H3,(H,17,18). The molecular weight excluding hydrogens is 274 g/mol. The summed E-state index contributed by atoms with van der Waals surface area (Å²) in [6.07, 6.45) is 1.52. The summed E-state index contributed by atoms with van der Waals surface area (Å²) < 4.78 is 0. The summed E-state index contributed by atoms with van der Waals surface area (Å²) in [7, 11) is 0. The lowest BCUT2D eigenvalue weighted by molar-refractivity contribution is -0.137. The number of carbonyl (C=O) groups is 2. The average molecular weight is 297 g/mol. The molecule has 4 nitrogen and oxygen atoms in total. The van der Waals surface area contributed by atoms with E-state index in [-0.39, 0.29) is 18.4 Å². The molecule has 0 aliphatic carbocycles. The van der Waals surface area contributed by atoms with E-state index in [1.807, 2.05) is 26.8 Å². The summed E-state index contributed by atoms with van der Waals surface area (Å²) in [6, 6.07) is 2.02. The SMILES string of the molecule is CCc1sc(C(=O)N(CCCC(=O)O)C(C)C)cc1C. The van der Waals surface area contributed by atoms with Crippen molar-refractivity contribution in [1.82, 2.24) is 4.90 Å². The number of rotatable bonds is 7. The van der Waals surface area contributed by atoms with Crippen molar-refractivity contribution in [2.45, 2.75) is 53.0 Å². The number of aryl methyl sites for hydroxylation is 2. The second kappa shape index (κ2) is 7.43. The van der Waals surface area contributed by atoms with Gasteiger partial charge in [0, 0.05) is 23.9 Å². The van der Waals surface area contributed by atoms with E-state index >= 15 is 0 Å². The van der Waals surface area contributed by atoms with Gasteiger partial charge in [-0.3, -0.25) is 9.59 Å². The molecule has 0 spiro atoms. The summed E-state index contributed by atoms with van der Waals surface area (Å²) in [5, 5.41) is 8.69. The van der Waals surface area contributed by atoms with Crippen LogP contribution in [0.3, 0.4) is 0 Å². The van der Waals surface area contributed by atoms with E-state index in [0.29, 0.717) is 13.0 Å². The van der Waals surface area contributed by atoms with Crippen LogP contribution in [0.15, 0.2) is 6.07 Å². The van der Waals surface area contributed by atoms with E-state index < -0.39 is 5.97 Å². The van der Waals surface area contributed by atoms with Gasteiger partial charge in [-0.15, -0.1) is 11.3 Å². The number of aliphatic carboxylic acids is 1. The zero-order chi connectivity index (χ0) is 15.3. The lowest BCUT2D eigenvalue weighted by atomic mass is 10.2. The molecule has 1 aromatic heterocycles. The molecule has 0 atom stereocenters. The van der Waals surface area contributed by atoms with Crippen molar-refractivity contribution >= 4 is 23.2 Å². The Morgan fingerprint density at radius 1 is 1.40 bits per heavy atom. The minimum Gasteiger partial charge on any atom is -0.481 e. The molecule has 20 heavy (non-hydrogen) atoms. The number of carbonyl (C=O) groups excluding carboxylic acids is 1. The number of hydrogen-bond donors (Lipinski definition) is 1. The highest BCUT2D eigenvalue weighted by atomic mass is 32.1. The summed E-state index contributed by atoms with van der Waals surface area (Å²) >= 11 is 1.55. The van der Waals surface area contributed by atoms with Crippen molar-refractivity contribution < 1.29 is 14.7 Å². The highest BCUT2D eigenvalue weighted by molar-refractivity contribution is 7.14. The summed E-state index contributed by atoms with van der Waals surface area (Å²) in [5.74, 6) is -0.806. The molecule has 0 saturated heterocycles. The van der Waals surface area contributed by atoms with Gasteiger partial charge in [-0.2, -0.15) is 0 Å². The zero-order valence-electron chi connectivity index (χ0n) is 12.6. The number of carboxylic acids is 1. The van der Waals surface area contributed by atoms with Crippen molar-refractivity contribution in [1.29, 1.82) is 0 Å². The van der Waals surface area contributed by atoms with Gasteiger partial charge in [-0.25, -0.2) is 0 Å². The summed E-state index contributed by atoms with van der Waals surface area (Å²) in [6.45, 7) is 8.51. The van der Waals surface area contributed by atoms with Gasteiger partial charge >= 0.3 is 5.97 Å². The number of amides is 1. The van der Waals surface area contributed by atoms with Crippen molar-refractivity contribution in [3.63, 3.8) is 0 Å². The highest BCUT2D eigenvalue weighted by Gasteiger charge is 2.21. The Labute approximate surface area is 124 Å². The summed E-state index contributed by atoms with van der Waals surface area (Å²) in [4.78, 5) is 26.9. The van der Waals surface area contributed by atoms with Gasteiger partial charge in [0.25, 0.3) is 5.91 Å². The predicted octanol–water partition coefficient (Wildman–Crippen LogP) is 3.33. The zero-order valence-corrected chi connectivity index (χ0v) is 13.4. The Morgan fingerprint density at radius 3 is 2.50 bits per heavy atom. The smallest absolute Gasteiger partial charge is 0.303 e. The minimum absolute atomic E-state index is 0.0122. The van der Waals surface area contributed by atoms with Crippen LogP contribution in [0, 0.1) is 6.92 Å². The molecule has 1 heterocycles. The van der Waals surface area contributed by atoms with Gasteiger partial charge in [0.15, 0.2) is 0 Å². The molecular formula is C15H23NO3S. The Kier molecular flexibility index (Phi) is 6.20. The molecule has 112 valence electrons. The molecule has 0 aromatic carbocycles. The normalized spacial score (nSPS) is 10.8. The van der Waals surface area contributed by atoms with Crippen LogP contribution in [0.5, 0.6) is 0 Å². The highest BCUT2D eigenvalue weighted by Crippen LogP contribution is 2.24. The number of nitrogens with zero attached hydrogens (tertiary/aromatic N) is 1. The maximum absolute atomic E-state index is 12.5. The predicted molar refractivity (Wildman–Crippen MR) is 81.5 cm³/mol. The van der Waals surface area contributed by atoms with E-state index in [1.165, 1.54) is 4.88 Å².